The Kier molecular flexibility index (Phi) is 4.13. The van der Waals surface area contributed by atoms with Crippen molar-refractivity contribution in [3.05, 3.63) is 89.9 Å². The summed E-state index contributed by atoms with van der Waals surface area (Å²) < 4.78 is 0. The molecule has 3 heteroatoms. The summed E-state index contributed by atoms with van der Waals surface area (Å²) in [5.74, 6) is 0. The van der Waals surface area contributed by atoms with Gasteiger partial charge in [-0.2, -0.15) is 0 Å². The van der Waals surface area contributed by atoms with Crippen LogP contribution < -0.4 is 4.90 Å². The average molecular weight is 353 g/mol. The van der Waals surface area contributed by atoms with Gasteiger partial charge >= 0.3 is 0 Å². The Morgan fingerprint density at radius 3 is 2.78 bits per heavy atom. The van der Waals surface area contributed by atoms with Crippen LogP contribution in [-0.2, 0) is 19.3 Å². The van der Waals surface area contributed by atoms with Crippen LogP contribution in [0, 0.1) is 0 Å². The van der Waals surface area contributed by atoms with E-state index in [-0.39, 0.29) is 0 Å². The second kappa shape index (κ2) is 6.92. The SMILES string of the molecule is c1ccc2c(CCCc3ccc4c(c3)CCN4c3ccncc3)c[nH]c2c1. The van der Waals surface area contributed by atoms with E-state index in [1.807, 2.05) is 12.4 Å². The maximum Gasteiger partial charge on any atom is 0.0456 e. The van der Waals surface area contributed by atoms with Gasteiger partial charge in [-0.25, -0.2) is 0 Å². The highest BCUT2D eigenvalue weighted by atomic mass is 15.2. The van der Waals surface area contributed by atoms with Gasteiger partial charge in [0, 0.05) is 47.4 Å². The van der Waals surface area contributed by atoms with Crippen LogP contribution in [-0.4, -0.2) is 16.5 Å². The Hall–Kier alpha value is -3.07. The largest absolute Gasteiger partial charge is 0.361 e. The molecule has 0 saturated heterocycles. The minimum atomic E-state index is 1.05. The number of hydrogen-bond donors (Lipinski definition) is 1. The molecule has 1 aliphatic rings. The van der Waals surface area contributed by atoms with E-state index in [9.17, 15) is 0 Å². The molecule has 0 spiro atoms. The van der Waals surface area contributed by atoms with Crippen LogP contribution in [0.2, 0.25) is 0 Å². The van der Waals surface area contributed by atoms with E-state index >= 15 is 0 Å². The molecule has 2 aromatic carbocycles. The molecule has 0 bridgehead atoms. The number of aryl methyl sites for hydroxylation is 2. The quantitative estimate of drug-likeness (QED) is 0.518. The van der Waals surface area contributed by atoms with E-state index in [0.29, 0.717) is 0 Å². The maximum absolute atomic E-state index is 4.13. The molecule has 0 fully saturated rings. The van der Waals surface area contributed by atoms with Crippen molar-refractivity contribution in [2.75, 3.05) is 11.4 Å². The molecule has 0 amide bonds. The van der Waals surface area contributed by atoms with E-state index < -0.39 is 0 Å². The first-order valence-corrected chi connectivity index (χ1v) is 9.73. The topological polar surface area (TPSA) is 31.9 Å². The second-order valence-electron chi connectivity index (χ2n) is 7.28. The summed E-state index contributed by atoms with van der Waals surface area (Å²) in [5.41, 5.74) is 8.16. The number of nitrogens with one attached hydrogen (secondary N) is 1. The summed E-state index contributed by atoms with van der Waals surface area (Å²) in [4.78, 5) is 9.91. The molecule has 1 aliphatic heterocycles. The van der Waals surface area contributed by atoms with E-state index in [1.54, 1.807) is 0 Å². The van der Waals surface area contributed by atoms with Gasteiger partial charge in [0.25, 0.3) is 0 Å². The van der Waals surface area contributed by atoms with Crippen LogP contribution >= 0.6 is 0 Å². The zero-order valence-corrected chi connectivity index (χ0v) is 15.4. The molecule has 1 N–H and O–H groups in total. The first-order chi connectivity index (χ1) is 13.4. The van der Waals surface area contributed by atoms with Gasteiger partial charge in [0.05, 0.1) is 0 Å². The van der Waals surface area contributed by atoms with Gasteiger partial charge in [-0.3, -0.25) is 4.98 Å². The molecular weight excluding hydrogens is 330 g/mol. The first kappa shape index (κ1) is 16.1. The number of fused-ring (bicyclic) bond motifs is 2. The minimum absolute atomic E-state index is 1.05. The number of rotatable bonds is 5. The lowest BCUT2D eigenvalue weighted by Crippen LogP contribution is -2.12. The van der Waals surface area contributed by atoms with Crippen molar-refractivity contribution in [1.82, 2.24) is 9.97 Å². The van der Waals surface area contributed by atoms with Crippen LogP contribution in [0.3, 0.4) is 0 Å². The predicted molar refractivity (Wildman–Crippen MR) is 112 cm³/mol. The van der Waals surface area contributed by atoms with E-state index in [2.05, 4.69) is 75.7 Å². The number of aromatic nitrogens is 2. The van der Waals surface area contributed by atoms with Crippen molar-refractivity contribution >= 4 is 22.3 Å². The van der Waals surface area contributed by atoms with Crippen molar-refractivity contribution in [3.8, 4) is 0 Å². The Balaban J connectivity index is 1.27. The third-order valence-electron chi connectivity index (χ3n) is 5.60. The Labute approximate surface area is 159 Å². The zero-order chi connectivity index (χ0) is 18.1. The molecule has 0 saturated carbocycles. The molecule has 5 rings (SSSR count). The summed E-state index contributed by atoms with van der Waals surface area (Å²) in [6, 6.07) is 19.7. The number of nitrogens with zero attached hydrogens (tertiary/aromatic N) is 2. The zero-order valence-electron chi connectivity index (χ0n) is 15.4. The highest BCUT2D eigenvalue weighted by Gasteiger charge is 2.20. The van der Waals surface area contributed by atoms with E-state index in [1.165, 1.54) is 45.4 Å². The molecule has 2 aromatic heterocycles. The first-order valence-electron chi connectivity index (χ1n) is 9.73. The Morgan fingerprint density at radius 2 is 1.85 bits per heavy atom. The molecule has 134 valence electrons. The smallest absolute Gasteiger partial charge is 0.0456 e. The molecule has 27 heavy (non-hydrogen) atoms. The van der Waals surface area contributed by atoms with Gasteiger partial charge in [-0.05, 0) is 66.6 Å². The Morgan fingerprint density at radius 1 is 0.963 bits per heavy atom. The summed E-state index contributed by atoms with van der Waals surface area (Å²) in [6.07, 6.45) is 10.4. The molecule has 0 radical (unpaired) electrons. The fourth-order valence-electron chi connectivity index (χ4n) is 4.22. The average Bonchev–Trinajstić information content (AvgIpc) is 3.33. The lowest BCUT2D eigenvalue weighted by molar-refractivity contribution is 0.824. The summed E-state index contributed by atoms with van der Waals surface area (Å²) in [5, 5.41) is 1.36. The molecular formula is C24H23N3. The Bertz CT molecular complexity index is 1070. The van der Waals surface area contributed by atoms with E-state index in [4.69, 9.17) is 0 Å². The van der Waals surface area contributed by atoms with Gasteiger partial charge in [0.1, 0.15) is 0 Å². The van der Waals surface area contributed by atoms with Gasteiger partial charge in [0.15, 0.2) is 0 Å². The standard InChI is InChI=1S/C24H23N3/c1-2-7-23-22(6-1)20(17-26-23)5-3-4-18-8-9-24-19(16-18)12-15-27(24)21-10-13-25-14-11-21/h1-2,6-11,13-14,16-17,26H,3-5,12,15H2. The number of benzene rings is 2. The fourth-order valence-corrected chi connectivity index (χ4v) is 4.22. The monoisotopic (exact) mass is 353 g/mol. The minimum Gasteiger partial charge on any atom is -0.361 e. The number of para-hydroxylation sites is 1. The van der Waals surface area contributed by atoms with Crippen molar-refractivity contribution in [2.45, 2.75) is 25.7 Å². The molecule has 4 aromatic rings. The molecule has 3 heterocycles. The fraction of sp³-hybridized carbons (Fsp3) is 0.208. The molecule has 0 atom stereocenters. The normalized spacial score (nSPS) is 13.3. The van der Waals surface area contributed by atoms with Crippen molar-refractivity contribution < 1.29 is 0 Å². The van der Waals surface area contributed by atoms with Gasteiger partial charge in [-0.1, -0.05) is 30.3 Å². The number of aromatic amines is 1. The number of pyridine rings is 1. The van der Waals surface area contributed by atoms with Crippen LogP contribution in [0.15, 0.2) is 73.2 Å². The number of anilines is 2. The predicted octanol–water partition coefficient (Wildman–Crippen LogP) is 5.43. The van der Waals surface area contributed by atoms with Crippen molar-refractivity contribution in [2.24, 2.45) is 0 Å². The van der Waals surface area contributed by atoms with E-state index in [0.717, 1.165) is 25.8 Å². The summed E-state index contributed by atoms with van der Waals surface area (Å²) >= 11 is 0. The maximum atomic E-state index is 4.13. The second-order valence-corrected chi connectivity index (χ2v) is 7.28. The third-order valence-corrected chi connectivity index (χ3v) is 5.60. The summed E-state index contributed by atoms with van der Waals surface area (Å²) in [7, 11) is 0. The molecule has 0 unspecified atom stereocenters. The van der Waals surface area contributed by atoms with Crippen LogP contribution in [0.4, 0.5) is 11.4 Å². The van der Waals surface area contributed by atoms with Crippen molar-refractivity contribution in [3.63, 3.8) is 0 Å². The van der Waals surface area contributed by atoms with Crippen LogP contribution in [0.25, 0.3) is 10.9 Å². The lowest BCUT2D eigenvalue weighted by atomic mass is 10.0. The number of hydrogen-bond acceptors (Lipinski definition) is 2. The molecule has 0 aliphatic carbocycles. The third kappa shape index (κ3) is 3.10. The van der Waals surface area contributed by atoms with Gasteiger partial charge in [-0.15, -0.1) is 0 Å². The lowest BCUT2D eigenvalue weighted by Gasteiger charge is -2.19. The summed E-state index contributed by atoms with van der Waals surface area (Å²) in [6.45, 7) is 1.05. The van der Waals surface area contributed by atoms with Crippen LogP contribution in [0.5, 0.6) is 0 Å². The van der Waals surface area contributed by atoms with Crippen LogP contribution in [0.1, 0.15) is 23.1 Å². The van der Waals surface area contributed by atoms with Gasteiger partial charge in [0.2, 0.25) is 0 Å². The highest BCUT2D eigenvalue weighted by Crippen LogP contribution is 2.35. The highest BCUT2D eigenvalue weighted by molar-refractivity contribution is 5.83. The van der Waals surface area contributed by atoms with Crippen molar-refractivity contribution in [1.29, 1.82) is 0 Å². The molecule has 3 nitrogen and oxygen atoms in total. The van der Waals surface area contributed by atoms with Gasteiger partial charge < -0.3 is 9.88 Å². The number of H-pyrrole nitrogens is 1.